The Morgan fingerprint density at radius 2 is 2.19 bits per heavy atom. The molecule has 1 fully saturated rings. The Morgan fingerprint density at radius 3 is 2.69 bits per heavy atom. The fourth-order valence-corrected chi connectivity index (χ4v) is 1.66. The Labute approximate surface area is 94.2 Å². The van der Waals surface area contributed by atoms with Gasteiger partial charge in [0, 0.05) is 19.6 Å². The first-order chi connectivity index (χ1) is 7.18. The molecule has 1 saturated heterocycles. The number of piperazine rings is 1. The van der Waals surface area contributed by atoms with Crippen LogP contribution in [0.1, 0.15) is 20.8 Å². The van der Waals surface area contributed by atoms with Gasteiger partial charge in [0.15, 0.2) is 5.60 Å². The number of nitrogens with one attached hydrogen (secondary N) is 1. The van der Waals surface area contributed by atoms with Crippen LogP contribution in [0, 0.1) is 0 Å². The average Bonchev–Trinajstić information content (AvgIpc) is 2.13. The number of hydrogen-bond donors (Lipinski definition) is 3. The van der Waals surface area contributed by atoms with Crippen molar-refractivity contribution in [2.45, 2.75) is 31.9 Å². The van der Waals surface area contributed by atoms with Gasteiger partial charge in [-0.1, -0.05) is 0 Å². The van der Waals surface area contributed by atoms with Gasteiger partial charge >= 0.3 is 5.97 Å². The van der Waals surface area contributed by atoms with Crippen LogP contribution >= 0.6 is 0 Å². The minimum Gasteiger partial charge on any atom is -0.479 e. The maximum Gasteiger partial charge on any atom is 0.336 e. The lowest BCUT2D eigenvalue weighted by Gasteiger charge is -2.43. The van der Waals surface area contributed by atoms with Crippen LogP contribution < -0.4 is 5.32 Å². The van der Waals surface area contributed by atoms with E-state index in [-0.39, 0.29) is 12.5 Å². The number of carboxylic acids is 1. The molecule has 92 valence electrons. The van der Waals surface area contributed by atoms with E-state index in [1.165, 1.54) is 6.92 Å². The fourth-order valence-electron chi connectivity index (χ4n) is 1.66. The van der Waals surface area contributed by atoms with Crippen LogP contribution in [0.3, 0.4) is 0 Å². The molecule has 0 spiro atoms. The maximum atomic E-state index is 11.6. The molecule has 0 saturated carbocycles. The molecule has 0 bridgehead atoms. The normalized spacial score (nSPS) is 24.6. The van der Waals surface area contributed by atoms with E-state index in [0.717, 1.165) is 0 Å². The second kappa shape index (κ2) is 4.03. The first kappa shape index (κ1) is 12.9. The van der Waals surface area contributed by atoms with Crippen LogP contribution in [0.15, 0.2) is 0 Å². The molecular formula is C10H18N2O4. The second-order valence-electron chi connectivity index (χ2n) is 4.82. The summed E-state index contributed by atoms with van der Waals surface area (Å²) in [5.74, 6) is -1.44. The Kier molecular flexibility index (Phi) is 3.25. The van der Waals surface area contributed by atoms with Crippen LogP contribution in [0.5, 0.6) is 0 Å². The first-order valence-electron chi connectivity index (χ1n) is 5.17. The number of hydrogen-bond acceptors (Lipinski definition) is 4. The zero-order valence-corrected chi connectivity index (χ0v) is 9.78. The minimum atomic E-state index is -1.84. The molecule has 16 heavy (non-hydrogen) atoms. The van der Waals surface area contributed by atoms with E-state index >= 15 is 0 Å². The summed E-state index contributed by atoms with van der Waals surface area (Å²) in [5.41, 5.74) is -2.63. The van der Waals surface area contributed by atoms with Gasteiger partial charge in [0.1, 0.15) is 0 Å². The van der Waals surface area contributed by atoms with E-state index in [1.807, 2.05) is 0 Å². The molecule has 1 heterocycles. The van der Waals surface area contributed by atoms with E-state index in [2.05, 4.69) is 5.32 Å². The summed E-state index contributed by atoms with van der Waals surface area (Å²) in [7, 11) is 0. The fraction of sp³-hybridized carbons (Fsp3) is 0.800. The predicted octanol–water partition coefficient (Wildman–Crippen LogP) is -0.968. The van der Waals surface area contributed by atoms with Gasteiger partial charge in [-0.2, -0.15) is 0 Å². The molecule has 1 aliphatic heterocycles. The number of amides is 1. The van der Waals surface area contributed by atoms with Crippen molar-refractivity contribution in [3.8, 4) is 0 Å². The molecule has 6 heteroatoms. The molecule has 6 nitrogen and oxygen atoms in total. The van der Waals surface area contributed by atoms with Crippen molar-refractivity contribution in [3.63, 3.8) is 0 Å². The van der Waals surface area contributed by atoms with Gasteiger partial charge < -0.3 is 15.5 Å². The van der Waals surface area contributed by atoms with Crippen LogP contribution in [-0.2, 0) is 9.59 Å². The third-order valence-electron chi connectivity index (χ3n) is 2.97. The highest BCUT2D eigenvalue weighted by molar-refractivity contribution is 5.86. The van der Waals surface area contributed by atoms with Gasteiger partial charge in [0.25, 0.3) is 0 Å². The number of carbonyl (C=O) groups excluding carboxylic acids is 1. The molecule has 1 rings (SSSR count). The minimum absolute atomic E-state index is 0.0667. The SMILES string of the molecule is CC(O)(CN1CCNC(=O)C1(C)C)C(=O)O. The van der Waals surface area contributed by atoms with Crippen molar-refractivity contribution in [2.24, 2.45) is 0 Å². The van der Waals surface area contributed by atoms with Crippen molar-refractivity contribution in [1.29, 1.82) is 0 Å². The molecule has 1 amide bonds. The van der Waals surface area contributed by atoms with E-state index < -0.39 is 17.1 Å². The number of aliphatic hydroxyl groups is 1. The number of rotatable bonds is 3. The summed E-state index contributed by atoms with van der Waals surface area (Å²) in [5, 5.41) is 21.2. The van der Waals surface area contributed by atoms with Crippen LogP contribution in [0.4, 0.5) is 0 Å². The molecule has 1 atom stereocenters. The molecule has 0 aromatic carbocycles. The van der Waals surface area contributed by atoms with Gasteiger partial charge in [-0.25, -0.2) is 4.79 Å². The largest absolute Gasteiger partial charge is 0.479 e. The Bertz CT molecular complexity index is 312. The smallest absolute Gasteiger partial charge is 0.336 e. The van der Waals surface area contributed by atoms with E-state index in [1.54, 1.807) is 18.7 Å². The highest BCUT2D eigenvalue weighted by Crippen LogP contribution is 2.20. The second-order valence-corrected chi connectivity index (χ2v) is 4.82. The van der Waals surface area contributed by atoms with Gasteiger partial charge in [0.05, 0.1) is 5.54 Å². The van der Waals surface area contributed by atoms with Crippen molar-refractivity contribution in [3.05, 3.63) is 0 Å². The predicted molar refractivity (Wildman–Crippen MR) is 56.9 cm³/mol. The van der Waals surface area contributed by atoms with Gasteiger partial charge in [-0.15, -0.1) is 0 Å². The number of aliphatic carboxylic acids is 1. The summed E-state index contributed by atoms with van der Waals surface area (Å²) in [6.07, 6.45) is 0. The standard InChI is InChI=1S/C10H18N2O4/c1-9(2)7(13)11-4-5-12(9)6-10(3,16)8(14)15/h16H,4-6H2,1-3H3,(H,11,13)(H,14,15). The third kappa shape index (κ3) is 2.33. The lowest BCUT2D eigenvalue weighted by Crippen LogP contribution is -2.65. The highest BCUT2D eigenvalue weighted by atomic mass is 16.4. The lowest BCUT2D eigenvalue weighted by molar-refractivity contribution is -0.162. The van der Waals surface area contributed by atoms with E-state index in [0.29, 0.717) is 13.1 Å². The van der Waals surface area contributed by atoms with Crippen LogP contribution in [-0.4, -0.2) is 57.8 Å². The number of carbonyl (C=O) groups is 2. The molecule has 1 aliphatic rings. The summed E-state index contributed by atoms with van der Waals surface area (Å²) in [6.45, 7) is 5.58. The molecular weight excluding hydrogens is 212 g/mol. The lowest BCUT2D eigenvalue weighted by atomic mass is 9.95. The Hall–Kier alpha value is -1.14. The monoisotopic (exact) mass is 230 g/mol. The number of β-amino-alcohol motifs (C(OH)–C–C–N with tert-alkyl or cyclic N) is 1. The molecule has 0 aliphatic carbocycles. The summed E-state index contributed by atoms with van der Waals surface area (Å²) < 4.78 is 0. The average molecular weight is 230 g/mol. The van der Waals surface area contributed by atoms with E-state index in [9.17, 15) is 14.7 Å². The van der Waals surface area contributed by atoms with Gasteiger partial charge in [-0.05, 0) is 20.8 Å². The summed E-state index contributed by atoms with van der Waals surface area (Å²) in [4.78, 5) is 24.1. The zero-order chi connectivity index (χ0) is 12.6. The van der Waals surface area contributed by atoms with E-state index in [4.69, 9.17) is 5.11 Å². The molecule has 0 radical (unpaired) electrons. The van der Waals surface area contributed by atoms with Crippen molar-refractivity contribution < 1.29 is 19.8 Å². The van der Waals surface area contributed by atoms with Crippen LogP contribution in [0.2, 0.25) is 0 Å². The first-order valence-corrected chi connectivity index (χ1v) is 5.17. The van der Waals surface area contributed by atoms with Crippen molar-refractivity contribution in [2.75, 3.05) is 19.6 Å². The highest BCUT2D eigenvalue weighted by Gasteiger charge is 2.42. The maximum absolute atomic E-state index is 11.6. The van der Waals surface area contributed by atoms with Crippen molar-refractivity contribution >= 4 is 11.9 Å². The summed E-state index contributed by atoms with van der Waals surface area (Å²) >= 11 is 0. The molecule has 0 aromatic rings. The van der Waals surface area contributed by atoms with Gasteiger partial charge in [-0.3, -0.25) is 9.69 Å². The molecule has 0 aromatic heterocycles. The number of nitrogens with zero attached hydrogens (tertiary/aromatic N) is 1. The summed E-state index contributed by atoms with van der Waals surface area (Å²) in [6, 6.07) is 0. The molecule has 3 N–H and O–H groups in total. The van der Waals surface area contributed by atoms with Crippen molar-refractivity contribution in [1.82, 2.24) is 10.2 Å². The number of carboxylic acid groups (broad SMARTS) is 1. The quantitative estimate of drug-likeness (QED) is 0.580. The Morgan fingerprint density at radius 1 is 1.62 bits per heavy atom. The molecule has 1 unspecified atom stereocenters. The van der Waals surface area contributed by atoms with Gasteiger partial charge in [0.2, 0.25) is 5.91 Å². The third-order valence-corrected chi connectivity index (χ3v) is 2.97. The zero-order valence-electron chi connectivity index (χ0n) is 9.78. The Balaban J connectivity index is 2.81. The van der Waals surface area contributed by atoms with Crippen LogP contribution in [0.25, 0.3) is 0 Å². The topological polar surface area (TPSA) is 89.9 Å².